The van der Waals surface area contributed by atoms with Crippen LogP contribution in [0.15, 0.2) is 72.8 Å². The molecule has 0 aliphatic carbocycles. The number of amides is 1. The van der Waals surface area contributed by atoms with Crippen molar-refractivity contribution in [2.45, 2.75) is 12.7 Å². The quantitative estimate of drug-likeness (QED) is 0.377. The van der Waals surface area contributed by atoms with Crippen molar-refractivity contribution in [2.75, 3.05) is 10.6 Å². The maximum atomic E-state index is 12.9. The summed E-state index contributed by atoms with van der Waals surface area (Å²) in [7, 11) is 0. The molecule has 0 aliphatic heterocycles. The molecule has 0 radical (unpaired) electrons. The summed E-state index contributed by atoms with van der Waals surface area (Å²) < 4.78 is 38.8. The maximum Gasteiger partial charge on any atom is 0.416 e. The van der Waals surface area contributed by atoms with Crippen molar-refractivity contribution in [3.05, 3.63) is 94.6 Å². The molecule has 0 saturated heterocycles. The van der Waals surface area contributed by atoms with Gasteiger partial charge in [-0.05, 0) is 35.9 Å². The van der Waals surface area contributed by atoms with Crippen LogP contribution in [0.25, 0.3) is 10.8 Å². The van der Waals surface area contributed by atoms with E-state index in [2.05, 4.69) is 20.8 Å². The third-order valence-electron chi connectivity index (χ3n) is 4.75. The standard InChI is InChI=1S/C23H16ClF3N4O/c24-20-18-10-9-15(22(32)29-17-8-4-7-16(12-17)23(25,26)27)11-19(18)21(31-30-20)28-13-14-5-2-1-3-6-14/h1-12H,13H2,(H,28,31)(H,29,32). The van der Waals surface area contributed by atoms with E-state index >= 15 is 0 Å². The molecule has 0 aliphatic rings. The van der Waals surface area contributed by atoms with E-state index in [9.17, 15) is 18.0 Å². The van der Waals surface area contributed by atoms with Gasteiger partial charge in [0.15, 0.2) is 11.0 Å². The van der Waals surface area contributed by atoms with Gasteiger partial charge in [0.05, 0.1) is 5.56 Å². The highest BCUT2D eigenvalue weighted by Gasteiger charge is 2.30. The lowest BCUT2D eigenvalue weighted by atomic mass is 10.1. The molecule has 0 spiro atoms. The summed E-state index contributed by atoms with van der Waals surface area (Å²) in [5.41, 5.74) is 0.457. The van der Waals surface area contributed by atoms with E-state index in [1.807, 2.05) is 30.3 Å². The second-order valence-corrected chi connectivity index (χ2v) is 7.33. The Kier molecular flexibility index (Phi) is 5.96. The van der Waals surface area contributed by atoms with Gasteiger partial charge in [-0.15, -0.1) is 10.2 Å². The van der Waals surface area contributed by atoms with Crippen LogP contribution in [0.2, 0.25) is 5.15 Å². The van der Waals surface area contributed by atoms with Crippen LogP contribution in [0.5, 0.6) is 0 Å². The van der Waals surface area contributed by atoms with Crippen LogP contribution in [0.1, 0.15) is 21.5 Å². The highest BCUT2D eigenvalue weighted by atomic mass is 35.5. The summed E-state index contributed by atoms with van der Waals surface area (Å²) in [4.78, 5) is 12.7. The van der Waals surface area contributed by atoms with Gasteiger partial charge < -0.3 is 10.6 Å². The van der Waals surface area contributed by atoms with Crippen molar-refractivity contribution in [3.63, 3.8) is 0 Å². The monoisotopic (exact) mass is 456 g/mol. The lowest BCUT2D eigenvalue weighted by molar-refractivity contribution is -0.137. The molecule has 5 nitrogen and oxygen atoms in total. The number of alkyl halides is 3. The van der Waals surface area contributed by atoms with Gasteiger partial charge in [-0.1, -0.05) is 54.1 Å². The summed E-state index contributed by atoms with van der Waals surface area (Å²) in [6, 6.07) is 18.8. The number of aromatic nitrogens is 2. The first-order valence-corrected chi connectivity index (χ1v) is 9.91. The summed E-state index contributed by atoms with van der Waals surface area (Å²) >= 11 is 6.16. The lowest BCUT2D eigenvalue weighted by Crippen LogP contribution is -2.13. The molecule has 3 aromatic carbocycles. The number of carbonyl (C=O) groups excluding carboxylic acids is 1. The van der Waals surface area contributed by atoms with E-state index in [0.717, 1.165) is 17.7 Å². The molecular formula is C23H16ClF3N4O. The summed E-state index contributed by atoms with van der Waals surface area (Å²) in [6.45, 7) is 0.479. The molecule has 0 atom stereocenters. The Morgan fingerprint density at radius 1 is 0.906 bits per heavy atom. The average molecular weight is 457 g/mol. The van der Waals surface area contributed by atoms with Gasteiger partial charge in [-0.25, -0.2) is 0 Å². The number of halogens is 4. The van der Waals surface area contributed by atoms with Crippen LogP contribution < -0.4 is 10.6 Å². The number of anilines is 2. The van der Waals surface area contributed by atoms with Crippen LogP contribution in [0, 0.1) is 0 Å². The van der Waals surface area contributed by atoms with E-state index in [-0.39, 0.29) is 16.4 Å². The first-order valence-electron chi connectivity index (χ1n) is 9.53. The Morgan fingerprint density at radius 2 is 1.69 bits per heavy atom. The fraction of sp³-hybridized carbons (Fsp3) is 0.0870. The van der Waals surface area contributed by atoms with Crippen LogP contribution in [-0.4, -0.2) is 16.1 Å². The van der Waals surface area contributed by atoms with E-state index < -0.39 is 17.6 Å². The fourth-order valence-corrected chi connectivity index (χ4v) is 3.35. The smallest absolute Gasteiger partial charge is 0.364 e. The molecule has 4 aromatic rings. The zero-order chi connectivity index (χ0) is 22.7. The maximum absolute atomic E-state index is 12.9. The number of fused-ring (bicyclic) bond motifs is 1. The molecule has 0 unspecified atom stereocenters. The van der Waals surface area contributed by atoms with Crippen LogP contribution in [0.4, 0.5) is 24.7 Å². The number of nitrogens with one attached hydrogen (secondary N) is 2. The largest absolute Gasteiger partial charge is 0.416 e. The van der Waals surface area contributed by atoms with Crippen molar-refractivity contribution in [2.24, 2.45) is 0 Å². The highest BCUT2D eigenvalue weighted by Crippen LogP contribution is 2.31. The van der Waals surface area contributed by atoms with Crippen LogP contribution in [-0.2, 0) is 12.7 Å². The molecule has 0 saturated carbocycles. The van der Waals surface area contributed by atoms with Crippen molar-refractivity contribution < 1.29 is 18.0 Å². The lowest BCUT2D eigenvalue weighted by Gasteiger charge is -2.12. The topological polar surface area (TPSA) is 66.9 Å². The molecular weight excluding hydrogens is 441 g/mol. The third-order valence-corrected chi connectivity index (χ3v) is 5.03. The van der Waals surface area contributed by atoms with E-state index in [1.165, 1.54) is 18.2 Å². The Hall–Kier alpha value is -3.65. The molecule has 0 fully saturated rings. The van der Waals surface area contributed by atoms with Crippen molar-refractivity contribution in [3.8, 4) is 0 Å². The summed E-state index contributed by atoms with van der Waals surface area (Å²) in [5, 5.41) is 15.1. The molecule has 1 heterocycles. The minimum Gasteiger partial charge on any atom is -0.364 e. The summed E-state index contributed by atoms with van der Waals surface area (Å²) in [6.07, 6.45) is -4.50. The Morgan fingerprint density at radius 3 is 2.44 bits per heavy atom. The van der Waals surface area contributed by atoms with Gasteiger partial charge in [-0.3, -0.25) is 4.79 Å². The number of hydrogen-bond donors (Lipinski definition) is 2. The zero-order valence-electron chi connectivity index (χ0n) is 16.4. The van der Waals surface area contributed by atoms with Gasteiger partial charge in [0.2, 0.25) is 0 Å². The normalized spacial score (nSPS) is 11.4. The second-order valence-electron chi connectivity index (χ2n) is 6.97. The van der Waals surface area contributed by atoms with Gasteiger partial charge in [0.25, 0.3) is 5.91 Å². The molecule has 1 amide bonds. The number of benzene rings is 3. The molecule has 32 heavy (non-hydrogen) atoms. The molecule has 2 N–H and O–H groups in total. The Balaban J connectivity index is 1.61. The molecule has 0 bridgehead atoms. The predicted molar refractivity (Wildman–Crippen MR) is 118 cm³/mol. The van der Waals surface area contributed by atoms with Gasteiger partial charge in [0, 0.05) is 28.6 Å². The summed E-state index contributed by atoms with van der Waals surface area (Å²) in [5.74, 6) is -0.129. The number of nitrogens with zero attached hydrogens (tertiary/aromatic N) is 2. The molecule has 9 heteroatoms. The van der Waals surface area contributed by atoms with Gasteiger partial charge in [0.1, 0.15) is 0 Å². The Bertz CT molecular complexity index is 1280. The van der Waals surface area contributed by atoms with Gasteiger partial charge in [-0.2, -0.15) is 13.2 Å². The highest BCUT2D eigenvalue weighted by molar-refractivity contribution is 6.34. The SMILES string of the molecule is O=C(Nc1cccc(C(F)(F)F)c1)c1ccc2c(Cl)nnc(NCc3ccccc3)c2c1. The van der Waals surface area contributed by atoms with Crippen molar-refractivity contribution >= 4 is 39.8 Å². The van der Waals surface area contributed by atoms with E-state index in [0.29, 0.717) is 23.1 Å². The Labute approximate surface area is 186 Å². The fourth-order valence-electron chi connectivity index (χ4n) is 3.15. The molecule has 162 valence electrons. The first kappa shape index (κ1) is 21.6. The zero-order valence-corrected chi connectivity index (χ0v) is 17.2. The van der Waals surface area contributed by atoms with E-state index in [4.69, 9.17) is 11.6 Å². The minimum atomic E-state index is -4.50. The number of hydrogen-bond acceptors (Lipinski definition) is 4. The van der Waals surface area contributed by atoms with Crippen molar-refractivity contribution in [1.29, 1.82) is 0 Å². The van der Waals surface area contributed by atoms with Crippen LogP contribution >= 0.6 is 11.6 Å². The number of carbonyl (C=O) groups is 1. The second kappa shape index (κ2) is 8.84. The third kappa shape index (κ3) is 4.81. The predicted octanol–water partition coefficient (Wildman–Crippen LogP) is 6.17. The van der Waals surface area contributed by atoms with E-state index in [1.54, 1.807) is 12.1 Å². The van der Waals surface area contributed by atoms with Crippen LogP contribution in [0.3, 0.4) is 0 Å². The molecule has 1 aromatic heterocycles. The minimum absolute atomic E-state index is 0.0400. The van der Waals surface area contributed by atoms with Crippen molar-refractivity contribution in [1.82, 2.24) is 10.2 Å². The number of rotatable bonds is 5. The average Bonchev–Trinajstić information content (AvgIpc) is 2.79. The van der Waals surface area contributed by atoms with Gasteiger partial charge >= 0.3 is 6.18 Å². The molecule has 4 rings (SSSR count). The first-order chi connectivity index (χ1) is 15.3.